The maximum atomic E-state index is 5.72. The van der Waals surface area contributed by atoms with Crippen LogP contribution in [-0.2, 0) is 4.74 Å². The van der Waals surface area contributed by atoms with Gasteiger partial charge in [0.2, 0.25) is 0 Å². The molecule has 0 radical (unpaired) electrons. The minimum Gasteiger partial charge on any atom is -0.382 e. The van der Waals surface area contributed by atoms with Crippen LogP contribution in [-0.4, -0.2) is 17.5 Å². The summed E-state index contributed by atoms with van der Waals surface area (Å²) in [7, 11) is 0. The summed E-state index contributed by atoms with van der Waals surface area (Å²) in [6.07, 6.45) is 1.72. The standard InChI is InChI=1S/C7H14Cl2O/c1-3-10-6-4-5-7(2,8)9/h3-6H2,1-2H3. The Balaban J connectivity index is 3.04. The molecule has 0 heterocycles. The molecule has 0 aliphatic rings. The molecular weight excluding hydrogens is 171 g/mol. The first-order valence-corrected chi connectivity index (χ1v) is 4.27. The van der Waals surface area contributed by atoms with E-state index in [1.807, 2.05) is 6.92 Å². The molecule has 0 atom stereocenters. The summed E-state index contributed by atoms with van der Waals surface area (Å²) < 4.78 is 4.53. The van der Waals surface area contributed by atoms with E-state index in [2.05, 4.69) is 0 Å². The third-order valence-electron chi connectivity index (χ3n) is 1.11. The first kappa shape index (κ1) is 10.5. The van der Waals surface area contributed by atoms with Crippen LogP contribution < -0.4 is 0 Å². The zero-order valence-corrected chi connectivity index (χ0v) is 8.00. The second-order valence-electron chi connectivity index (χ2n) is 2.37. The molecule has 0 saturated heterocycles. The van der Waals surface area contributed by atoms with Gasteiger partial charge in [-0.05, 0) is 26.7 Å². The van der Waals surface area contributed by atoms with Crippen molar-refractivity contribution in [1.29, 1.82) is 0 Å². The Hall–Kier alpha value is 0.540. The van der Waals surface area contributed by atoms with Gasteiger partial charge in [-0.3, -0.25) is 0 Å². The quantitative estimate of drug-likeness (QED) is 0.472. The van der Waals surface area contributed by atoms with E-state index in [-0.39, 0.29) is 0 Å². The molecule has 10 heavy (non-hydrogen) atoms. The summed E-state index contributed by atoms with van der Waals surface area (Å²) in [5.74, 6) is 0. The van der Waals surface area contributed by atoms with Gasteiger partial charge in [-0.15, -0.1) is 23.2 Å². The lowest BCUT2D eigenvalue weighted by atomic mass is 10.2. The summed E-state index contributed by atoms with van der Waals surface area (Å²) in [6, 6.07) is 0. The van der Waals surface area contributed by atoms with E-state index in [9.17, 15) is 0 Å². The van der Waals surface area contributed by atoms with Gasteiger partial charge in [0, 0.05) is 13.2 Å². The fraction of sp³-hybridized carbons (Fsp3) is 1.00. The molecule has 0 amide bonds. The fourth-order valence-corrected chi connectivity index (χ4v) is 0.896. The maximum Gasteiger partial charge on any atom is 0.115 e. The molecule has 0 aliphatic heterocycles. The van der Waals surface area contributed by atoms with E-state index < -0.39 is 4.33 Å². The molecule has 0 unspecified atom stereocenters. The van der Waals surface area contributed by atoms with Gasteiger partial charge in [-0.2, -0.15) is 0 Å². The number of ether oxygens (including phenoxy) is 1. The van der Waals surface area contributed by atoms with E-state index in [1.54, 1.807) is 6.92 Å². The average molecular weight is 185 g/mol. The van der Waals surface area contributed by atoms with Gasteiger partial charge in [0.05, 0.1) is 0 Å². The largest absolute Gasteiger partial charge is 0.382 e. The highest BCUT2D eigenvalue weighted by Gasteiger charge is 2.14. The summed E-state index contributed by atoms with van der Waals surface area (Å²) in [5.41, 5.74) is 0. The van der Waals surface area contributed by atoms with E-state index in [1.165, 1.54) is 0 Å². The van der Waals surface area contributed by atoms with Crippen LogP contribution in [0.15, 0.2) is 0 Å². The molecule has 1 nitrogen and oxygen atoms in total. The van der Waals surface area contributed by atoms with E-state index in [0.717, 1.165) is 26.1 Å². The van der Waals surface area contributed by atoms with Crippen LogP contribution in [0, 0.1) is 0 Å². The summed E-state index contributed by atoms with van der Waals surface area (Å²) in [4.78, 5) is 0. The van der Waals surface area contributed by atoms with Crippen molar-refractivity contribution in [3.63, 3.8) is 0 Å². The van der Waals surface area contributed by atoms with Crippen molar-refractivity contribution < 1.29 is 4.74 Å². The molecule has 0 aromatic carbocycles. The predicted octanol–water partition coefficient (Wildman–Crippen LogP) is 3.00. The highest BCUT2D eigenvalue weighted by Crippen LogP contribution is 2.25. The molecule has 0 N–H and O–H groups in total. The highest BCUT2D eigenvalue weighted by atomic mass is 35.5. The number of hydrogen-bond acceptors (Lipinski definition) is 1. The van der Waals surface area contributed by atoms with Crippen molar-refractivity contribution in [2.75, 3.05) is 13.2 Å². The molecule has 62 valence electrons. The highest BCUT2D eigenvalue weighted by molar-refractivity contribution is 6.48. The molecule has 0 aromatic heterocycles. The van der Waals surface area contributed by atoms with E-state index >= 15 is 0 Å². The van der Waals surface area contributed by atoms with Crippen molar-refractivity contribution in [1.82, 2.24) is 0 Å². The van der Waals surface area contributed by atoms with E-state index in [0.29, 0.717) is 0 Å². The topological polar surface area (TPSA) is 9.23 Å². The van der Waals surface area contributed by atoms with Crippen molar-refractivity contribution >= 4 is 23.2 Å². The molecule has 0 aliphatic carbocycles. The van der Waals surface area contributed by atoms with E-state index in [4.69, 9.17) is 27.9 Å². The monoisotopic (exact) mass is 184 g/mol. The van der Waals surface area contributed by atoms with Crippen LogP contribution in [0.1, 0.15) is 26.7 Å². The Bertz CT molecular complexity index is 78.2. The second-order valence-corrected chi connectivity index (χ2v) is 4.23. The molecule has 3 heteroatoms. The third kappa shape index (κ3) is 8.54. The first-order chi connectivity index (χ1) is 4.56. The van der Waals surface area contributed by atoms with Crippen LogP contribution in [0.2, 0.25) is 0 Å². The van der Waals surface area contributed by atoms with Crippen LogP contribution in [0.5, 0.6) is 0 Å². The summed E-state index contributed by atoms with van der Waals surface area (Å²) in [6.45, 7) is 5.29. The SMILES string of the molecule is CCOCCCC(C)(Cl)Cl. The molecule has 0 spiro atoms. The lowest BCUT2D eigenvalue weighted by molar-refractivity contribution is 0.143. The second kappa shape index (κ2) is 5.22. The Morgan fingerprint density at radius 3 is 2.40 bits per heavy atom. The molecular formula is C7H14Cl2O. The molecule has 0 saturated carbocycles. The normalized spacial score (nSPS) is 12.0. The van der Waals surface area contributed by atoms with Gasteiger partial charge in [-0.1, -0.05) is 0 Å². The third-order valence-corrected chi connectivity index (χ3v) is 1.49. The van der Waals surface area contributed by atoms with Crippen LogP contribution in [0.25, 0.3) is 0 Å². The van der Waals surface area contributed by atoms with Gasteiger partial charge in [0.1, 0.15) is 4.33 Å². The number of alkyl halides is 2. The molecule has 0 bridgehead atoms. The lowest BCUT2D eigenvalue weighted by Crippen LogP contribution is -2.07. The van der Waals surface area contributed by atoms with Crippen molar-refractivity contribution in [2.45, 2.75) is 31.0 Å². The van der Waals surface area contributed by atoms with Gasteiger partial charge in [0.25, 0.3) is 0 Å². The van der Waals surface area contributed by atoms with Gasteiger partial charge in [0.15, 0.2) is 0 Å². The maximum absolute atomic E-state index is 5.72. The Morgan fingerprint density at radius 1 is 1.40 bits per heavy atom. The molecule has 0 aromatic rings. The van der Waals surface area contributed by atoms with Crippen LogP contribution >= 0.6 is 23.2 Å². The Labute approximate surface area is 72.6 Å². The predicted molar refractivity (Wildman–Crippen MR) is 45.8 cm³/mol. The first-order valence-electron chi connectivity index (χ1n) is 3.52. The van der Waals surface area contributed by atoms with Gasteiger partial charge < -0.3 is 4.74 Å². The smallest absolute Gasteiger partial charge is 0.115 e. The minimum absolute atomic E-state index is 0.586. The van der Waals surface area contributed by atoms with Crippen molar-refractivity contribution in [2.24, 2.45) is 0 Å². The summed E-state index contributed by atoms with van der Waals surface area (Å²) >= 11 is 11.4. The summed E-state index contributed by atoms with van der Waals surface area (Å²) in [5, 5.41) is 0. The zero-order chi connectivity index (χ0) is 8.04. The van der Waals surface area contributed by atoms with Gasteiger partial charge >= 0.3 is 0 Å². The lowest BCUT2D eigenvalue weighted by Gasteiger charge is -2.11. The minimum atomic E-state index is -0.586. The van der Waals surface area contributed by atoms with Crippen molar-refractivity contribution in [3.8, 4) is 0 Å². The van der Waals surface area contributed by atoms with Crippen LogP contribution in [0.4, 0.5) is 0 Å². The van der Waals surface area contributed by atoms with Gasteiger partial charge in [-0.25, -0.2) is 0 Å². The van der Waals surface area contributed by atoms with Crippen LogP contribution in [0.3, 0.4) is 0 Å². The average Bonchev–Trinajstić information content (AvgIpc) is 1.78. The molecule has 0 rings (SSSR count). The Morgan fingerprint density at radius 2 is 2.00 bits per heavy atom. The zero-order valence-electron chi connectivity index (χ0n) is 6.49. The molecule has 0 fully saturated rings. The Kier molecular flexibility index (Phi) is 5.51. The number of rotatable bonds is 5. The number of hydrogen-bond donors (Lipinski definition) is 0. The fourth-order valence-electron chi connectivity index (χ4n) is 0.629. The number of halogens is 2. The van der Waals surface area contributed by atoms with Crippen molar-refractivity contribution in [3.05, 3.63) is 0 Å².